The number of hydrogen-bond donors (Lipinski definition) is 0. The Kier molecular flexibility index (Phi) is 6.82. The average Bonchev–Trinajstić information content (AvgIpc) is 3.05. The summed E-state index contributed by atoms with van der Waals surface area (Å²) in [5.74, 6) is 0. The average molecular weight is 446 g/mol. The Morgan fingerprint density at radius 3 is 2.40 bits per heavy atom. The summed E-state index contributed by atoms with van der Waals surface area (Å²) >= 11 is -0.826. The second-order valence-electron chi connectivity index (χ2n) is 6.06. The summed E-state index contributed by atoms with van der Waals surface area (Å²) in [6, 6.07) is 26.6. The van der Waals surface area contributed by atoms with E-state index >= 15 is 0 Å². The molecule has 0 unspecified atom stereocenters. The molecule has 0 aliphatic rings. The van der Waals surface area contributed by atoms with Crippen molar-refractivity contribution in [2.45, 2.75) is 19.8 Å². The summed E-state index contributed by atoms with van der Waals surface area (Å²) in [5, 5.41) is 5.33. The molecule has 0 amide bonds. The molecule has 0 atom stereocenters. The molecular formula is C22H19Cl2Zr-. The predicted molar refractivity (Wildman–Crippen MR) is 108 cm³/mol. The second-order valence-corrected chi connectivity index (χ2v) is 9.79. The standard InChI is InChI=1S/C22H19.2ClH.Zr/c1-2-6-16-13-19-9-5-10-21(22(19)14-16)20-12-11-17-7-3-4-8-18(17)15-20;;;/h3-5,7-15H,2,6H2,1H3;2*1H;/q-1;;;+2/p-2. The van der Waals surface area contributed by atoms with Crippen molar-refractivity contribution in [2.75, 3.05) is 0 Å². The number of fused-ring (bicyclic) bond motifs is 2. The van der Waals surface area contributed by atoms with Gasteiger partial charge in [-0.05, 0) is 28.8 Å². The van der Waals surface area contributed by atoms with E-state index < -0.39 is 20.8 Å². The third kappa shape index (κ3) is 4.40. The van der Waals surface area contributed by atoms with Gasteiger partial charge in [0, 0.05) is 0 Å². The Labute approximate surface area is 167 Å². The number of aryl methyl sites for hydroxylation is 1. The predicted octanol–water partition coefficient (Wildman–Crippen LogP) is 7.71. The molecule has 3 heteroatoms. The topological polar surface area (TPSA) is 0 Å². The van der Waals surface area contributed by atoms with Crippen LogP contribution in [0.4, 0.5) is 0 Å². The van der Waals surface area contributed by atoms with Crippen molar-refractivity contribution in [2.24, 2.45) is 0 Å². The molecule has 0 heterocycles. The molecular weight excluding hydrogens is 426 g/mol. The van der Waals surface area contributed by atoms with Gasteiger partial charge in [-0.1, -0.05) is 61.4 Å². The van der Waals surface area contributed by atoms with Crippen molar-refractivity contribution in [3.8, 4) is 11.1 Å². The normalized spacial score (nSPS) is 10.5. The zero-order valence-corrected chi connectivity index (χ0v) is 18.1. The van der Waals surface area contributed by atoms with Crippen LogP contribution in [0.5, 0.6) is 0 Å². The van der Waals surface area contributed by atoms with Gasteiger partial charge in [0.05, 0.1) is 0 Å². The van der Waals surface area contributed by atoms with E-state index in [9.17, 15) is 0 Å². The van der Waals surface area contributed by atoms with Crippen molar-refractivity contribution in [1.29, 1.82) is 0 Å². The number of halogens is 2. The van der Waals surface area contributed by atoms with Crippen molar-refractivity contribution >= 4 is 38.6 Å². The van der Waals surface area contributed by atoms with Crippen LogP contribution in [0.25, 0.3) is 32.7 Å². The third-order valence-electron chi connectivity index (χ3n) is 4.41. The van der Waals surface area contributed by atoms with E-state index in [4.69, 9.17) is 17.0 Å². The third-order valence-corrected chi connectivity index (χ3v) is 4.41. The number of rotatable bonds is 3. The molecule has 0 radical (unpaired) electrons. The maximum absolute atomic E-state index is 4.93. The van der Waals surface area contributed by atoms with Crippen LogP contribution < -0.4 is 0 Å². The van der Waals surface area contributed by atoms with E-state index in [1.54, 1.807) is 0 Å². The van der Waals surface area contributed by atoms with E-state index in [1.165, 1.54) is 44.7 Å². The summed E-state index contributed by atoms with van der Waals surface area (Å²) < 4.78 is 0. The molecule has 4 aromatic rings. The second kappa shape index (κ2) is 9.08. The van der Waals surface area contributed by atoms with Gasteiger partial charge in [-0.25, -0.2) is 0 Å². The van der Waals surface area contributed by atoms with Crippen LogP contribution >= 0.6 is 17.0 Å². The molecule has 25 heavy (non-hydrogen) atoms. The minimum atomic E-state index is -0.826. The van der Waals surface area contributed by atoms with Crippen molar-refractivity contribution in [1.82, 2.24) is 0 Å². The first-order valence-corrected chi connectivity index (χ1v) is 14.7. The Hall–Kier alpha value is -1.01. The summed E-state index contributed by atoms with van der Waals surface area (Å²) in [4.78, 5) is 0. The fourth-order valence-corrected chi connectivity index (χ4v) is 3.34. The summed E-state index contributed by atoms with van der Waals surface area (Å²) in [6.07, 6.45) is 2.35. The maximum atomic E-state index is 4.93. The first kappa shape index (κ1) is 18.8. The minimum absolute atomic E-state index is 0.826. The molecule has 0 saturated heterocycles. The van der Waals surface area contributed by atoms with Crippen molar-refractivity contribution < 1.29 is 20.8 Å². The Morgan fingerprint density at radius 2 is 1.64 bits per heavy atom. The van der Waals surface area contributed by atoms with Gasteiger partial charge < -0.3 is 0 Å². The van der Waals surface area contributed by atoms with Gasteiger partial charge in [-0.3, -0.25) is 0 Å². The Morgan fingerprint density at radius 1 is 0.880 bits per heavy atom. The molecule has 0 N–H and O–H groups in total. The van der Waals surface area contributed by atoms with Gasteiger partial charge in [0.2, 0.25) is 0 Å². The fourth-order valence-electron chi connectivity index (χ4n) is 3.34. The van der Waals surface area contributed by atoms with Crippen LogP contribution in [-0.4, -0.2) is 0 Å². The van der Waals surface area contributed by atoms with Crippen LogP contribution in [0.15, 0.2) is 72.8 Å². The van der Waals surface area contributed by atoms with Gasteiger partial charge in [0.15, 0.2) is 0 Å². The molecule has 0 saturated carbocycles. The van der Waals surface area contributed by atoms with E-state index in [2.05, 4.69) is 79.7 Å². The molecule has 4 rings (SSSR count). The van der Waals surface area contributed by atoms with Gasteiger partial charge in [0.1, 0.15) is 0 Å². The van der Waals surface area contributed by atoms with Crippen molar-refractivity contribution in [3.05, 3.63) is 78.4 Å². The van der Waals surface area contributed by atoms with Gasteiger partial charge in [0.25, 0.3) is 0 Å². The van der Waals surface area contributed by atoms with E-state index in [-0.39, 0.29) is 0 Å². The first-order chi connectivity index (χ1) is 12.3. The molecule has 4 aromatic carbocycles. The van der Waals surface area contributed by atoms with Gasteiger partial charge in [-0.15, -0.1) is 34.5 Å². The summed E-state index contributed by atoms with van der Waals surface area (Å²) in [5.41, 5.74) is 4.09. The molecule has 0 bridgehead atoms. The molecule has 126 valence electrons. The molecule has 0 fully saturated rings. The van der Waals surface area contributed by atoms with Crippen LogP contribution in [0.1, 0.15) is 18.9 Å². The van der Waals surface area contributed by atoms with Gasteiger partial charge >= 0.3 is 37.9 Å². The SMILES string of the molecule is CCCc1cc2c(-c3ccc4ccccc4c3)cccc2[cH-]1.[Cl][Zr][Cl]. The molecule has 0 nitrogen and oxygen atoms in total. The first-order valence-electron chi connectivity index (χ1n) is 8.40. The number of benzene rings is 3. The van der Waals surface area contributed by atoms with Crippen molar-refractivity contribution in [3.63, 3.8) is 0 Å². The zero-order chi connectivity index (χ0) is 17.6. The monoisotopic (exact) mass is 443 g/mol. The quantitative estimate of drug-likeness (QED) is 0.283. The summed E-state index contributed by atoms with van der Waals surface area (Å²) in [6.45, 7) is 2.24. The van der Waals surface area contributed by atoms with Crippen LogP contribution in [0, 0.1) is 0 Å². The van der Waals surface area contributed by atoms with E-state index in [1.807, 2.05) is 0 Å². The fraction of sp³-hybridized carbons (Fsp3) is 0.136. The summed E-state index contributed by atoms with van der Waals surface area (Å²) in [7, 11) is 9.87. The Balaban J connectivity index is 0.000000569. The molecule has 0 aliphatic heterocycles. The van der Waals surface area contributed by atoms with Gasteiger partial charge in [-0.2, -0.15) is 6.07 Å². The van der Waals surface area contributed by atoms with E-state index in [0.29, 0.717) is 0 Å². The zero-order valence-electron chi connectivity index (χ0n) is 14.1. The molecule has 0 aliphatic carbocycles. The number of hydrogen-bond acceptors (Lipinski definition) is 0. The van der Waals surface area contributed by atoms with Crippen LogP contribution in [0.3, 0.4) is 0 Å². The van der Waals surface area contributed by atoms with Crippen LogP contribution in [-0.2, 0) is 27.3 Å². The van der Waals surface area contributed by atoms with E-state index in [0.717, 1.165) is 6.42 Å². The molecule has 0 aromatic heterocycles. The Bertz CT molecular complexity index is 972. The van der Waals surface area contributed by atoms with Crippen LogP contribution in [0.2, 0.25) is 0 Å². The molecule has 0 spiro atoms.